The number of aliphatic hydroxyl groups excluding tert-OH is 2. The fourth-order valence-electron chi connectivity index (χ4n) is 5.70. The number of amides is 1. The molecule has 0 radical (unpaired) electrons. The fraction of sp³-hybridized carbons (Fsp3) is 0.919. The second-order valence-electron chi connectivity index (χ2n) is 13.3. The van der Waals surface area contributed by atoms with Crippen molar-refractivity contribution < 1.29 is 33.5 Å². The highest BCUT2D eigenvalue weighted by molar-refractivity contribution is 7.47. The fourth-order valence-corrected chi connectivity index (χ4v) is 6.46. The number of rotatable bonds is 36. The Bertz CT molecular complexity index is 771. The van der Waals surface area contributed by atoms with Crippen LogP contribution >= 0.6 is 7.82 Å². The van der Waals surface area contributed by atoms with E-state index in [0.29, 0.717) is 12.8 Å². The number of phosphoric ester groups is 1. The van der Waals surface area contributed by atoms with Crippen molar-refractivity contribution in [3.05, 3.63) is 12.2 Å². The molecule has 6 N–H and O–H groups in total. The molecule has 280 valence electrons. The maximum absolute atomic E-state index is 12.7. The molecule has 0 aromatic heterocycles. The molecule has 4 unspecified atom stereocenters. The highest BCUT2D eigenvalue weighted by Gasteiger charge is 2.28. The zero-order valence-electron chi connectivity index (χ0n) is 30.4. The molecule has 4 atom stereocenters. The van der Waals surface area contributed by atoms with E-state index in [1.165, 1.54) is 96.3 Å². The van der Waals surface area contributed by atoms with Gasteiger partial charge in [-0.2, -0.15) is 0 Å². The summed E-state index contributed by atoms with van der Waals surface area (Å²) in [5.74, 6) is -0.424. The lowest BCUT2D eigenvalue weighted by molar-refractivity contribution is -0.125. The summed E-state index contributed by atoms with van der Waals surface area (Å²) >= 11 is 0. The van der Waals surface area contributed by atoms with Gasteiger partial charge in [0.25, 0.3) is 0 Å². The number of nitrogens with one attached hydrogen (secondary N) is 1. The molecule has 10 heteroatoms. The summed E-state index contributed by atoms with van der Waals surface area (Å²) in [5, 5.41) is 24.0. The first-order valence-corrected chi connectivity index (χ1v) is 20.9. The lowest BCUT2D eigenvalue weighted by atomic mass is 10.0. The Morgan fingerprint density at radius 2 is 1.15 bits per heavy atom. The van der Waals surface area contributed by atoms with Crippen LogP contribution in [0.2, 0.25) is 0 Å². The molecule has 47 heavy (non-hydrogen) atoms. The number of carbonyl (C=O) groups excluding carboxylic acids is 1. The molecular weight excluding hydrogens is 615 g/mol. The monoisotopic (exact) mass is 691 g/mol. The average molecular weight is 691 g/mol. The minimum atomic E-state index is -4.37. The van der Waals surface area contributed by atoms with Gasteiger partial charge in [-0.25, -0.2) is 4.57 Å². The first-order chi connectivity index (χ1) is 22.8. The topological polar surface area (TPSA) is 151 Å². The Morgan fingerprint density at radius 1 is 0.702 bits per heavy atom. The van der Waals surface area contributed by atoms with Crippen LogP contribution in [0.25, 0.3) is 0 Å². The van der Waals surface area contributed by atoms with Gasteiger partial charge < -0.3 is 26.2 Å². The summed E-state index contributed by atoms with van der Waals surface area (Å²) < 4.78 is 22.0. The van der Waals surface area contributed by atoms with Crippen LogP contribution in [0.15, 0.2) is 12.2 Å². The second-order valence-corrected chi connectivity index (χ2v) is 14.8. The maximum atomic E-state index is 12.7. The van der Waals surface area contributed by atoms with Crippen molar-refractivity contribution in [2.24, 2.45) is 5.73 Å². The summed E-state index contributed by atoms with van der Waals surface area (Å²) in [5.41, 5.74) is 5.35. The van der Waals surface area contributed by atoms with Gasteiger partial charge in [0.05, 0.1) is 37.9 Å². The number of phosphoric acid groups is 1. The van der Waals surface area contributed by atoms with Gasteiger partial charge in [0, 0.05) is 6.54 Å². The number of hydrogen-bond acceptors (Lipinski definition) is 7. The molecule has 0 aliphatic rings. The van der Waals surface area contributed by atoms with Gasteiger partial charge in [0.2, 0.25) is 5.91 Å². The molecule has 0 aliphatic heterocycles. The third-order valence-corrected chi connectivity index (χ3v) is 9.66. The predicted molar refractivity (Wildman–Crippen MR) is 195 cm³/mol. The Balaban J connectivity index is 4.36. The molecule has 0 spiro atoms. The molecule has 0 aromatic carbocycles. The normalized spacial score (nSPS) is 15.1. The van der Waals surface area contributed by atoms with E-state index in [4.69, 9.17) is 14.8 Å². The van der Waals surface area contributed by atoms with Crippen LogP contribution in [-0.2, 0) is 18.4 Å². The highest BCUT2D eigenvalue weighted by Crippen LogP contribution is 2.43. The third-order valence-electron chi connectivity index (χ3n) is 8.67. The van der Waals surface area contributed by atoms with E-state index in [1.807, 2.05) is 0 Å². The molecule has 9 nitrogen and oxygen atoms in total. The Hall–Kier alpha value is -0.800. The molecule has 1 amide bonds. The number of allylic oxidation sites excluding steroid dienone is 2. The number of hydrogen-bond donors (Lipinski definition) is 5. The lowest BCUT2D eigenvalue weighted by Crippen LogP contribution is -2.47. The summed E-state index contributed by atoms with van der Waals surface area (Å²) in [6, 6.07) is -0.896. The van der Waals surface area contributed by atoms with Crippen LogP contribution in [0, 0.1) is 0 Å². The van der Waals surface area contributed by atoms with Gasteiger partial charge in [0.15, 0.2) is 0 Å². The van der Waals surface area contributed by atoms with Crippen LogP contribution in [-0.4, -0.2) is 59.0 Å². The smallest absolute Gasteiger partial charge is 0.393 e. The molecule has 0 saturated heterocycles. The lowest BCUT2D eigenvalue weighted by Gasteiger charge is -2.25. The molecule has 0 aliphatic carbocycles. The predicted octanol–water partition coefficient (Wildman–Crippen LogP) is 9.02. The van der Waals surface area contributed by atoms with Gasteiger partial charge in [0.1, 0.15) is 0 Å². The van der Waals surface area contributed by atoms with Crippen LogP contribution in [0.3, 0.4) is 0 Å². The van der Waals surface area contributed by atoms with Gasteiger partial charge >= 0.3 is 7.82 Å². The van der Waals surface area contributed by atoms with Crippen molar-refractivity contribution in [3.8, 4) is 0 Å². The zero-order valence-corrected chi connectivity index (χ0v) is 31.3. The van der Waals surface area contributed by atoms with Crippen molar-refractivity contribution in [1.82, 2.24) is 5.32 Å². The van der Waals surface area contributed by atoms with E-state index in [-0.39, 0.29) is 26.2 Å². The largest absolute Gasteiger partial charge is 0.472 e. The quantitative estimate of drug-likeness (QED) is 0.0248. The van der Waals surface area contributed by atoms with Crippen molar-refractivity contribution >= 4 is 13.7 Å². The van der Waals surface area contributed by atoms with Gasteiger partial charge in [-0.1, -0.05) is 148 Å². The molecule has 0 aromatic rings. The van der Waals surface area contributed by atoms with Crippen LogP contribution in [0.1, 0.15) is 181 Å². The van der Waals surface area contributed by atoms with E-state index < -0.39 is 32.0 Å². The average Bonchev–Trinajstić information content (AvgIpc) is 3.04. The summed E-state index contributed by atoms with van der Waals surface area (Å²) in [4.78, 5) is 22.6. The molecule has 0 fully saturated rings. The number of carbonyl (C=O) groups is 1. The van der Waals surface area contributed by atoms with Gasteiger partial charge in [-0.05, 0) is 38.5 Å². The van der Waals surface area contributed by atoms with Crippen molar-refractivity contribution in [2.75, 3.05) is 19.8 Å². The minimum Gasteiger partial charge on any atom is -0.393 e. The van der Waals surface area contributed by atoms with E-state index in [1.54, 1.807) is 0 Å². The highest BCUT2D eigenvalue weighted by atomic mass is 31.2. The minimum absolute atomic E-state index is 0.0591. The Labute approximate surface area is 288 Å². The number of nitrogens with two attached hydrogens (primary N) is 1. The summed E-state index contributed by atoms with van der Waals surface area (Å²) in [6.45, 7) is 3.99. The Kier molecular flexibility index (Phi) is 33.1. The second kappa shape index (κ2) is 33.7. The zero-order chi connectivity index (χ0) is 34.9. The number of aliphatic hydroxyl groups is 2. The van der Waals surface area contributed by atoms with Crippen LogP contribution in [0.4, 0.5) is 0 Å². The van der Waals surface area contributed by atoms with E-state index in [9.17, 15) is 24.5 Å². The molecular formula is C37H75N2O7P. The van der Waals surface area contributed by atoms with Crippen molar-refractivity contribution in [3.63, 3.8) is 0 Å². The van der Waals surface area contributed by atoms with Crippen LogP contribution < -0.4 is 11.1 Å². The van der Waals surface area contributed by atoms with Crippen molar-refractivity contribution in [1.29, 1.82) is 0 Å². The van der Waals surface area contributed by atoms with Crippen molar-refractivity contribution in [2.45, 2.75) is 199 Å². The molecule has 0 rings (SSSR count). The number of unbranched alkanes of at least 4 members (excludes halogenated alkanes) is 20. The van der Waals surface area contributed by atoms with Crippen LogP contribution in [0.5, 0.6) is 0 Å². The maximum Gasteiger partial charge on any atom is 0.472 e. The van der Waals surface area contributed by atoms with Gasteiger partial charge in [-0.15, -0.1) is 0 Å². The SMILES string of the molecule is CCCCC/C=C\CCCCCC(O)CC(=O)NC(COP(=O)(O)OCCN)C(O)CCCCCCCCCCCCCCCCC. The first kappa shape index (κ1) is 46.2. The molecule has 0 heterocycles. The van der Waals surface area contributed by atoms with E-state index >= 15 is 0 Å². The molecule has 0 bridgehead atoms. The first-order valence-electron chi connectivity index (χ1n) is 19.4. The van der Waals surface area contributed by atoms with E-state index in [0.717, 1.165) is 51.4 Å². The third kappa shape index (κ3) is 32.2. The van der Waals surface area contributed by atoms with E-state index in [2.05, 4.69) is 31.3 Å². The molecule has 0 saturated carbocycles. The van der Waals surface area contributed by atoms with Gasteiger partial charge in [-0.3, -0.25) is 13.8 Å². The standard InChI is InChI=1S/C37H75N2O7P/c1-3-5-7-9-11-13-15-16-17-18-19-21-23-25-27-29-36(41)35(33-46-47(43,44)45-31-30-38)39-37(42)32-34(40)28-26-24-22-20-14-12-10-8-6-4-2/h12,14,34-36,40-41H,3-11,13,15-33,38H2,1-2H3,(H,39,42)(H,43,44)/b14-12-. The summed E-state index contributed by atoms with van der Waals surface area (Å²) in [6.07, 6.45) is 31.1. The Morgan fingerprint density at radius 3 is 1.68 bits per heavy atom. The summed E-state index contributed by atoms with van der Waals surface area (Å²) in [7, 11) is -4.37.